The summed E-state index contributed by atoms with van der Waals surface area (Å²) in [6.07, 6.45) is 9.32. The maximum absolute atomic E-state index is 13.4. The van der Waals surface area contributed by atoms with Crippen molar-refractivity contribution in [2.75, 3.05) is 7.11 Å². The third kappa shape index (κ3) is 3.70. The van der Waals surface area contributed by atoms with Gasteiger partial charge >= 0.3 is 0 Å². The van der Waals surface area contributed by atoms with E-state index in [1.54, 1.807) is 25.6 Å². The molecule has 0 N–H and O–H groups in total. The van der Waals surface area contributed by atoms with E-state index in [0.717, 1.165) is 59.5 Å². The Morgan fingerprint density at radius 2 is 1.94 bits per heavy atom. The number of halogens is 1. The van der Waals surface area contributed by atoms with Gasteiger partial charge in [0.2, 0.25) is 0 Å². The Hall–Kier alpha value is -3.41. The molecule has 3 aromatic rings. The molecule has 164 valence electrons. The van der Waals surface area contributed by atoms with Crippen LogP contribution >= 0.6 is 0 Å². The van der Waals surface area contributed by atoms with Crippen LogP contribution in [0.5, 0.6) is 5.75 Å². The van der Waals surface area contributed by atoms with Gasteiger partial charge in [0, 0.05) is 17.8 Å². The molecular formula is C26H26FN3O2. The number of hydrogen-bond acceptors (Lipinski definition) is 3. The first-order valence-corrected chi connectivity index (χ1v) is 11.0. The number of piperidine rings is 1. The van der Waals surface area contributed by atoms with Crippen molar-refractivity contribution >= 4 is 12.0 Å². The molecule has 2 atom stereocenters. The largest absolute Gasteiger partial charge is 0.495 e. The fourth-order valence-electron chi connectivity index (χ4n) is 4.97. The second-order valence-electron chi connectivity index (χ2n) is 8.57. The van der Waals surface area contributed by atoms with Gasteiger partial charge < -0.3 is 14.2 Å². The fourth-order valence-corrected chi connectivity index (χ4v) is 4.97. The van der Waals surface area contributed by atoms with Crippen LogP contribution in [0.2, 0.25) is 0 Å². The number of aryl methyl sites for hydroxylation is 1. The van der Waals surface area contributed by atoms with Crippen LogP contribution in [0.15, 0.2) is 60.6 Å². The van der Waals surface area contributed by atoms with Crippen LogP contribution < -0.4 is 4.74 Å². The fraction of sp³-hybridized carbons (Fsp3) is 0.308. The summed E-state index contributed by atoms with van der Waals surface area (Å²) < 4.78 is 20.9. The lowest BCUT2D eigenvalue weighted by atomic mass is 9.95. The first kappa shape index (κ1) is 20.5. The van der Waals surface area contributed by atoms with E-state index in [4.69, 9.17) is 4.74 Å². The molecule has 2 aromatic carbocycles. The molecule has 0 saturated carbocycles. The number of nitrogens with zero attached hydrogens (tertiary/aromatic N) is 3. The standard InChI is InChI=1S/C26H26FN3O2/c1-17-15-29(16-28-17)24-11-3-18(14-25(24)32-2)13-20-6-9-22-10-12-23(30(22)26(20)31)19-4-7-21(27)8-5-19/h3-5,7-8,11,13-16,22-23H,6,9-10,12H2,1-2H3/b20-13+/t22-,23+/m1/s1. The topological polar surface area (TPSA) is 47.4 Å². The van der Waals surface area contributed by atoms with E-state index in [1.807, 2.05) is 46.9 Å². The van der Waals surface area contributed by atoms with Gasteiger partial charge in [0.15, 0.2) is 0 Å². The predicted octanol–water partition coefficient (Wildman–Crippen LogP) is 5.24. The Morgan fingerprint density at radius 3 is 2.66 bits per heavy atom. The van der Waals surface area contributed by atoms with Crippen molar-refractivity contribution in [3.63, 3.8) is 0 Å². The number of ether oxygens (including phenoxy) is 1. The van der Waals surface area contributed by atoms with E-state index in [1.165, 1.54) is 12.1 Å². The van der Waals surface area contributed by atoms with Crippen LogP contribution in [0, 0.1) is 12.7 Å². The molecule has 0 aliphatic carbocycles. The summed E-state index contributed by atoms with van der Waals surface area (Å²) in [5.41, 5.74) is 4.58. The van der Waals surface area contributed by atoms with Gasteiger partial charge in [0.05, 0.1) is 30.9 Å². The molecule has 5 rings (SSSR count). The molecule has 2 saturated heterocycles. The van der Waals surface area contributed by atoms with Crippen molar-refractivity contribution in [3.05, 3.63) is 83.2 Å². The second kappa shape index (κ2) is 8.26. The van der Waals surface area contributed by atoms with Crippen molar-refractivity contribution in [2.45, 2.75) is 44.7 Å². The van der Waals surface area contributed by atoms with Crippen molar-refractivity contribution in [3.8, 4) is 11.4 Å². The number of carbonyl (C=O) groups excluding carboxylic acids is 1. The average molecular weight is 432 g/mol. The van der Waals surface area contributed by atoms with Gasteiger partial charge in [-0.05, 0) is 74.1 Å². The number of amides is 1. The lowest BCUT2D eigenvalue weighted by Gasteiger charge is -2.35. The van der Waals surface area contributed by atoms with E-state index in [2.05, 4.69) is 4.98 Å². The number of fused-ring (bicyclic) bond motifs is 1. The SMILES string of the molecule is COc1cc(/C=C2\CC[C@@H]3CC[C@@H](c4ccc(F)cc4)N3C2=O)ccc1-n1cnc(C)c1. The van der Waals surface area contributed by atoms with E-state index in [0.29, 0.717) is 0 Å². The molecule has 5 nitrogen and oxygen atoms in total. The molecule has 1 amide bonds. The number of benzene rings is 2. The summed E-state index contributed by atoms with van der Waals surface area (Å²) in [4.78, 5) is 19.8. The quantitative estimate of drug-likeness (QED) is 0.531. The smallest absolute Gasteiger partial charge is 0.250 e. The summed E-state index contributed by atoms with van der Waals surface area (Å²) in [6, 6.07) is 12.8. The first-order valence-electron chi connectivity index (χ1n) is 11.0. The molecule has 2 aliphatic rings. The summed E-state index contributed by atoms with van der Waals surface area (Å²) >= 11 is 0. The summed E-state index contributed by atoms with van der Waals surface area (Å²) in [5, 5.41) is 0. The Bertz CT molecular complexity index is 1180. The molecule has 0 bridgehead atoms. The Kier molecular flexibility index (Phi) is 5.29. The Balaban J connectivity index is 1.43. The summed E-state index contributed by atoms with van der Waals surface area (Å²) in [6.45, 7) is 1.95. The zero-order chi connectivity index (χ0) is 22.2. The Morgan fingerprint density at radius 1 is 1.12 bits per heavy atom. The number of methoxy groups -OCH3 is 1. The molecule has 6 heteroatoms. The van der Waals surface area contributed by atoms with Gasteiger partial charge in [0.1, 0.15) is 11.6 Å². The zero-order valence-corrected chi connectivity index (χ0v) is 18.3. The highest BCUT2D eigenvalue weighted by Gasteiger charge is 2.41. The number of carbonyl (C=O) groups is 1. The maximum atomic E-state index is 13.4. The van der Waals surface area contributed by atoms with Gasteiger partial charge in [-0.15, -0.1) is 0 Å². The number of aromatic nitrogens is 2. The van der Waals surface area contributed by atoms with Crippen LogP contribution in [0.4, 0.5) is 4.39 Å². The molecule has 2 fully saturated rings. The number of hydrogen-bond donors (Lipinski definition) is 0. The minimum Gasteiger partial charge on any atom is -0.495 e. The van der Waals surface area contributed by atoms with Crippen LogP contribution in [0.1, 0.15) is 48.5 Å². The first-order chi connectivity index (χ1) is 15.5. The van der Waals surface area contributed by atoms with Crippen LogP contribution in [0.3, 0.4) is 0 Å². The van der Waals surface area contributed by atoms with E-state index >= 15 is 0 Å². The van der Waals surface area contributed by atoms with Gasteiger partial charge in [-0.25, -0.2) is 9.37 Å². The van der Waals surface area contributed by atoms with Crippen molar-refractivity contribution < 1.29 is 13.9 Å². The highest BCUT2D eigenvalue weighted by atomic mass is 19.1. The maximum Gasteiger partial charge on any atom is 0.250 e. The van der Waals surface area contributed by atoms with Crippen LogP contribution in [-0.2, 0) is 4.79 Å². The van der Waals surface area contributed by atoms with Gasteiger partial charge in [-0.1, -0.05) is 18.2 Å². The zero-order valence-electron chi connectivity index (χ0n) is 18.3. The molecule has 0 unspecified atom stereocenters. The van der Waals surface area contributed by atoms with Gasteiger partial charge in [-0.2, -0.15) is 0 Å². The molecule has 0 radical (unpaired) electrons. The highest BCUT2D eigenvalue weighted by molar-refractivity contribution is 5.99. The van der Waals surface area contributed by atoms with Crippen LogP contribution in [0.25, 0.3) is 11.8 Å². The molecule has 0 spiro atoms. The number of imidazole rings is 1. The molecule has 2 aliphatic heterocycles. The van der Waals surface area contributed by atoms with Crippen molar-refractivity contribution in [1.29, 1.82) is 0 Å². The lowest BCUT2D eigenvalue weighted by molar-refractivity contribution is -0.131. The summed E-state index contributed by atoms with van der Waals surface area (Å²) in [7, 11) is 1.65. The minimum absolute atomic E-state index is 0.0122. The monoisotopic (exact) mass is 431 g/mol. The van der Waals surface area contributed by atoms with Crippen LogP contribution in [-0.4, -0.2) is 33.5 Å². The van der Waals surface area contributed by atoms with Crippen molar-refractivity contribution in [2.24, 2.45) is 0 Å². The lowest BCUT2D eigenvalue weighted by Crippen LogP contribution is -2.41. The van der Waals surface area contributed by atoms with E-state index in [9.17, 15) is 9.18 Å². The van der Waals surface area contributed by atoms with Gasteiger partial charge in [-0.3, -0.25) is 4.79 Å². The molecule has 1 aromatic heterocycles. The number of rotatable bonds is 4. The second-order valence-corrected chi connectivity index (χ2v) is 8.57. The molecular weight excluding hydrogens is 405 g/mol. The van der Waals surface area contributed by atoms with Gasteiger partial charge in [0.25, 0.3) is 5.91 Å². The van der Waals surface area contributed by atoms with E-state index < -0.39 is 0 Å². The summed E-state index contributed by atoms with van der Waals surface area (Å²) in [5.74, 6) is 0.557. The predicted molar refractivity (Wildman–Crippen MR) is 121 cm³/mol. The minimum atomic E-state index is -0.253. The average Bonchev–Trinajstić information content (AvgIpc) is 3.43. The normalized spacial score (nSPS) is 21.8. The molecule has 3 heterocycles. The third-order valence-electron chi connectivity index (χ3n) is 6.55. The highest BCUT2D eigenvalue weighted by Crippen LogP contribution is 2.42. The van der Waals surface area contributed by atoms with Crippen molar-refractivity contribution in [1.82, 2.24) is 14.5 Å². The molecule has 32 heavy (non-hydrogen) atoms. The van der Waals surface area contributed by atoms with E-state index in [-0.39, 0.29) is 23.8 Å². The third-order valence-corrected chi connectivity index (χ3v) is 6.55. The Labute approximate surface area is 187 Å².